The van der Waals surface area contributed by atoms with Crippen molar-refractivity contribution in [3.63, 3.8) is 0 Å². The molecule has 0 aliphatic heterocycles. The van der Waals surface area contributed by atoms with E-state index in [4.69, 9.17) is 0 Å². The first kappa shape index (κ1) is 14.2. The molecule has 0 bridgehead atoms. The van der Waals surface area contributed by atoms with Gasteiger partial charge in [-0.15, -0.1) is 11.3 Å². The van der Waals surface area contributed by atoms with Crippen LogP contribution in [0, 0.1) is 0 Å². The molecule has 0 aliphatic carbocycles. The molecule has 4 rings (SSSR count). The van der Waals surface area contributed by atoms with Gasteiger partial charge in [-0.05, 0) is 52.0 Å². The molecule has 1 aromatic carbocycles. The number of thiazole rings is 1. The highest BCUT2D eigenvalue weighted by Crippen LogP contribution is 2.34. The summed E-state index contributed by atoms with van der Waals surface area (Å²) in [5.41, 5.74) is 3.97. The maximum Gasteiger partial charge on any atom is 0.177 e. The lowest BCUT2D eigenvalue weighted by Gasteiger charge is -2.00. The predicted octanol–water partition coefficient (Wildman–Crippen LogP) is 4.64. The van der Waals surface area contributed by atoms with Gasteiger partial charge in [0.2, 0.25) is 0 Å². The lowest BCUT2D eigenvalue weighted by molar-refractivity contribution is 1.04. The normalized spacial score (nSPS) is 11.5. The van der Waals surface area contributed by atoms with Gasteiger partial charge in [0.1, 0.15) is 5.82 Å². The van der Waals surface area contributed by atoms with E-state index in [2.05, 4.69) is 48.0 Å². The molecule has 3 heterocycles. The Kier molecular flexibility index (Phi) is 3.63. The second-order valence-corrected chi connectivity index (χ2v) is 7.78. The zero-order chi connectivity index (χ0) is 15.1. The summed E-state index contributed by atoms with van der Waals surface area (Å²) in [6.45, 7) is 0. The van der Waals surface area contributed by atoms with Crippen molar-refractivity contribution in [2.24, 2.45) is 0 Å². The Bertz CT molecular complexity index is 943. The van der Waals surface area contributed by atoms with Gasteiger partial charge >= 0.3 is 0 Å². The highest BCUT2D eigenvalue weighted by molar-refractivity contribution is 9.10. The van der Waals surface area contributed by atoms with E-state index in [1.165, 1.54) is 10.3 Å². The largest absolute Gasteiger partial charge is 0.340 e. The Morgan fingerprint density at radius 1 is 1.32 bits per heavy atom. The van der Waals surface area contributed by atoms with E-state index in [-0.39, 0.29) is 0 Å². The van der Waals surface area contributed by atoms with Crippen LogP contribution < -0.4 is 0 Å². The van der Waals surface area contributed by atoms with Crippen molar-refractivity contribution in [2.45, 2.75) is 10.8 Å². The number of aromatic nitrogens is 4. The fraction of sp³-hybridized carbons (Fsp3) is 0.133. The fourth-order valence-electron chi connectivity index (χ4n) is 2.38. The van der Waals surface area contributed by atoms with Crippen molar-refractivity contribution >= 4 is 60.4 Å². The molecular formula is C15H11BrN4S2. The quantitative estimate of drug-likeness (QED) is 0.517. The van der Waals surface area contributed by atoms with E-state index < -0.39 is 0 Å². The summed E-state index contributed by atoms with van der Waals surface area (Å²) in [5.74, 6) is 0.926. The van der Waals surface area contributed by atoms with Crippen LogP contribution in [0.15, 0.2) is 39.3 Å². The van der Waals surface area contributed by atoms with Crippen LogP contribution in [0.2, 0.25) is 0 Å². The molecule has 0 amide bonds. The van der Waals surface area contributed by atoms with Crippen LogP contribution in [0.25, 0.3) is 21.4 Å². The van der Waals surface area contributed by atoms with Gasteiger partial charge in [-0.1, -0.05) is 11.8 Å². The lowest BCUT2D eigenvalue weighted by Crippen LogP contribution is -1.91. The summed E-state index contributed by atoms with van der Waals surface area (Å²) in [4.78, 5) is 16.7. The number of fused-ring (bicyclic) bond motifs is 2. The van der Waals surface area contributed by atoms with Crippen molar-refractivity contribution in [1.82, 2.24) is 19.9 Å². The summed E-state index contributed by atoms with van der Waals surface area (Å²) in [5, 5.41) is 0. The summed E-state index contributed by atoms with van der Waals surface area (Å²) in [7, 11) is 0. The number of halogens is 1. The molecule has 110 valence electrons. The maximum absolute atomic E-state index is 4.61. The van der Waals surface area contributed by atoms with Crippen LogP contribution in [0.4, 0.5) is 0 Å². The second-order valence-electron chi connectivity index (χ2n) is 4.84. The minimum absolute atomic E-state index is 0.747. The predicted molar refractivity (Wildman–Crippen MR) is 95.8 cm³/mol. The number of aromatic amines is 1. The average Bonchev–Trinajstić information content (AvgIpc) is 3.10. The molecule has 22 heavy (non-hydrogen) atoms. The molecule has 0 atom stereocenters. The molecule has 0 radical (unpaired) electrons. The number of hydrogen-bond acceptors (Lipinski definition) is 5. The van der Waals surface area contributed by atoms with E-state index in [0.717, 1.165) is 37.7 Å². The average molecular weight is 391 g/mol. The number of nitrogens with one attached hydrogen (secondary N) is 1. The first-order valence-electron chi connectivity index (χ1n) is 6.65. The van der Waals surface area contributed by atoms with Crippen molar-refractivity contribution < 1.29 is 0 Å². The third kappa shape index (κ3) is 2.53. The molecule has 7 heteroatoms. The molecule has 0 spiro atoms. The fourth-order valence-corrected chi connectivity index (χ4v) is 4.68. The zero-order valence-corrected chi connectivity index (χ0v) is 14.8. The smallest absolute Gasteiger partial charge is 0.177 e. The Labute approximate surface area is 143 Å². The van der Waals surface area contributed by atoms with Gasteiger partial charge in [-0.25, -0.2) is 15.0 Å². The number of pyridine rings is 1. The summed E-state index contributed by atoms with van der Waals surface area (Å²) in [6, 6.07) is 8.21. The van der Waals surface area contributed by atoms with Crippen molar-refractivity contribution in [2.75, 3.05) is 6.26 Å². The molecule has 0 aliphatic rings. The summed E-state index contributed by atoms with van der Waals surface area (Å²) >= 11 is 7.03. The first-order chi connectivity index (χ1) is 10.7. The maximum atomic E-state index is 4.61. The van der Waals surface area contributed by atoms with Crippen LogP contribution in [-0.4, -0.2) is 26.2 Å². The van der Waals surface area contributed by atoms with Crippen molar-refractivity contribution in [1.29, 1.82) is 0 Å². The van der Waals surface area contributed by atoms with E-state index in [1.807, 2.05) is 18.4 Å². The van der Waals surface area contributed by atoms with Gasteiger partial charge in [-0.3, -0.25) is 0 Å². The first-order valence-corrected chi connectivity index (χ1v) is 9.49. The minimum Gasteiger partial charge on any atom is -0.340 e. The Morgan fingerprint density at radius 3 is 3.05 bits per heavy atom. The number of hydrogen-bond donors (Lipinski definition) is 1. The lowest BCUT2D eigenvalue weighted by atomic mass is 10.1. The Morgan fingerprint density at radius 2 is 2.23 bits per heavy atom. The molecule has 0 saturated heterocycles. The van der Waals surface area contributed by atoms with Crippen LogP contribution in [0.1, 0.15) is 11.4 Å². The van der Waals surface area contributed by atoms with Gasteiger partial charge in [0.15, 0.2) is 9.99 Å². The van der Waals surface area contributed by atoms with Gasteiger partial charge < -0.3 is 4.98 Å². The van der Waals surface area contributed by atoms with E-state index in [0.29, 0.717) is 0 Å². The van der Waals surface area contributed by atoms with Gasteiger partial charge in [-0.2, -0.15) is 0 Å². The van der Waals surface area contributed by atoms with Gasteiger partial charge in [0.25, 0.3) is 0 Å². The third-order valence-electron chi connectivity index (χ3n) is 3.34. The monoisotopic (exact) mass is 390 g/mol. The highest BCUT2D eigenvalue weighted by Gasteiger charge is 2.10. The van der Waals surface area contributed by atoms with Crippen LogP contribution in [0.5, 0.6) is 0 Å². The zero-order valence-electron chi connectivity index (χ0n) is 11.6. The summed E-state index contributed by atoms with van der Waals surface area (Å²) < 4.78 is 3.31. The molecule has 4 aromatic rings. The number of rotatable bonds is 3. The Balaban J connectivity index is 1.74. The molecule has 1 N–H and O–H groups in total. The van der Waals surface area contributed by atoms with E-state index >= 15 is 0 Å². The van der Waals surface area contributed by atoms with Gasteiger partial charge in [0, 0.05) is 17.1 Å². The molecule has 0 unspecified atom stereocenters. The standard InChI is InChI=1S/C15H11BrN4S2/c1-21-15-20-13-9(16)5-8(6-11(13)22-15)7-12-18-10-3-2-4-17-14(10)19-12/h2-6H,7H2,1H3,(H,17,18,19). The SMILES string of the molecule is CSc1nc2c(Br)cc(Cc3nc4ncccc4[nH]3)cc2s1. The third-order valence-corrected chi connectivity index (χ3v) is 5.93. The van der Waals surface area contributed by atoms with Gasteiger partial charge in [0.05, 0.1) is 15.7 Å². The van der Waals surface area contributed by atoms with E-state index in [9.17, 15) is 0 Å². The second kappa shape index (κ2) is 5.64. The Hall–Kier alpha value is -1.44. The topological polar surface area (TPSA) is 54.5 Å². The van der Waals surface area contributed by atoms with Crippen molar-refractivity contribution in [3.8, 4) is 0 Å². The van der Waals surface area contributed by atoms with Crippen molar-refractivity contribution in [3.05, 3.63) is 46.3 Å². The molecule has 4 nitrogen and oxygen atoms in total. The number of imidazole rings is 1. The van der Waals surface area contributed by atoms with Crippen LogP contribution >= 0.6 is 39.0 Å². The number of benzene rings is 1. The molecule has 0 fully saturated rings. The minimum atomic E-state index is 0.747. The number of nitrogens with zero attached hydrogens (tertiary/aromatic N) is 3. The molecule has 3 aromatic heterocycles. The number of H-pyrrole nitrogens is 1. The van der Waals surface area contributed by atoms with Crippen LogP contribution in [-0.2, 0) is 6.42 Å². The highest BCUT2D eigenvalue weighted by atomic mass is 79.9. The van der Waals surface area contributed by atoms with Crippen LogP contribution in [0.3, 0.4) is 0 Å². The molecule has 0 saturated carbocycles. The summed E-state index contributed by atoms with van der Waals surface area (Å²) in [6.07, 6.45) is 4.56. The molecular weight excluding hydrogens is 380 g/mol. The number of thioether (sulfide) groups is 1. The van der Waals surface area contributed by atoms with E-state index in [1.54, 1.807) is 29.3 Å².